The van der Waals surface area contributed by atoms with Gasteiger partial charge < -0.3 is 47.5 Å². The third kappa shape index (κ3) is 10.7. The van der Waals surface area contributed by atoms with Crippen molar-refractivity contribution in [3.63, 3.8) is 0 Å². The highest BCUT2D eigenvalue weighted by Crippen LogP contribution is 2.23. The third-order valence-electron chi connectivity index (χ3n) is 7.16. The zero-order valence-corrected chi connectivity index (χ0v) is 25.0. The molecule has 0 aromatic rings. The summed E-state index contributed by atoms with van der Waals surface area (Å²) in [6.07, 6.45) is 3.15. The number of carbonyl (C=O) groups excluding carboxylic acids is 4. The van der Waals surface area contributed by atoms with Gasteiger partial charge in [0.2, 0.25) is 17.7 Å². The number of alkyl carbamates (subject to hydrolysis) is 1. The number of nitrogens with one attached hydrogen (secondary N) is 2. The molecule has 15 nitrogen and oxygen atoms in total. The monoisotopic (exact) mass is 596 g/mol. The van der Waals surface area contributed by atoms with Crippen molar-refractivity contribution in [2.75, 3.05) is 26.2 Å². The van der Waals surface area contributed by atoms with Crippen LogP contribution in [0.3, 0.4) is 0 Å². The van der Waals surface area contributed by atoms with Gasteiger partial charge in [0.15, 0.2) is 5.96 Å². The van der Waals surface area contributed by atoms with E-state index in [4.69, 9.17) is 21.9 Å². The molecular weight excluding hydrogens is 548 g/mol. The van der Waals surface area contributed by atoms with E-state index in [1.54, 1.807) is 20.8 Å². The van der Waals surface area contributed by atoms with Crippen molar-refractivity contribution in [3.8, 4) is 0 Å². The van der Waals surface area contributed by atoms with Crippen LogP contribution in [0.15, 0.2) is 4.99 Å². The molecule has 0 unspecified atom stereocenters. The minimum Gasteiger partial charge on any atom is -0.480 e. The number of hydrogen-bond acceptors (Lipinski definition) is 8. The summed E-state index contributed by atoms with van der Waals surface area (Å²) in [6.45, 7) is 6.37. The molecule has 2 rings (SSSR count). The van der Waals surface area contributed by atoms with Gasteiger partial charge in [-0.25, -0.2) is 9.59 Å². The molecule has 42 heavy (non-hydrogen) atoms. The van der Waals surface area contributed by atoms with E-state index in [-0.39, 0.29) is 25.5 Å². The van der Waals surface area contributed by atoms with Gasteiger partial charge in [0.05, 0.1) is 0 Å². The van der Waals surface area contributed by atoms with Crippen LogP contribution >= 0.6 is 0 Å². The van der Waals surface area contributed by atoms with Gasteiger partial charge in [0.25, 0.3) is 0 Å². The van der Waals surface area contributed by atoms with E-state index >= 15 is 0 Å². The van der Waals surface area contributed by atoms with Gasteiger partial charge >= 0.3 is 12.1 Å². The van der Waals surface area contributed by atoms with Crippen LogP contribution in [0, 0.1) is 0 Å². The molecule has 0 saturated carbocycles. The maximum absolute atomic E-state index is 13.6. The van der Waals surface area contributed by atoms with Gasteiger partial charge in [-0.1, -0.05) is 0 Å². The Morgan fingerprint density at radius 2 is 1.45 bits per heavy atom. The molecule has 2 aliphatic heterocycles. The molecule has 0 spiro atoms. The quantitative estimate of drug-likeness (QED) is 0.0863. The molecule has 4 amide bonds. The number of rotatable bonds is 14. The predicted octanol–water partition coefficient (Wildman–Crippen LogP) is -0.386. The maximum Gasteiger partial charge on any atom is 0.408 e. The summed E-state index contributed by atoms with van der Waals surface area (Å²) in [5.41, 5.74) is 15.6. The lowest BCUT2D eigenvalue weighted by Crippen LogP contribution is -2.57. The fourth-order valence-electron chi connectivity index (χ4n) is 5.22. The molecule has 4 atom stereocenters. The number of nitrogens with two attached hydrogens (primary N) is 3. The standard InChI is InChI=1S/C27H48N8O7/c1-27(2,3)42-26(41)33-18(9-4-5-13-28)23(38)34-15-7-11-19(34)21(36)32-17(10-6-14-31-25(29)30)22(37)35-16-8-12-20(35)24(39)40/h17-20H,4-16,28H2,1-3H3,(H,32,36)(H,33,41)(H,39,40)(H4,29,30,31)/t17-,18+,19-,20-/m0/s1. The first-order chi connectivity index (χ1) is 19.7. The van der Waals surface area contributed by atoms with Gasteiger partial charge in [-0.3, -0.25) is 19.4 Å². The SMILES string of the molecule is CC(C)(C)OC(=O)N[C@H](CCCCN)C(=O)N1CCC[C@H]1C(=O)N[C@@H](CCCN=C(N)N)C(=O)N1CCC[C@H]1C(=O)O. The van der Waals surface area contributed by atoms with E-state index in [0.717, 1.165) is 0 Å². The van der Waals surface area contributed by atoms with Crippen molar-refractivity contribution in [3.05, 3.63) is 0 Å². The van der Waals surface area contributed by atoms with Crippen LogP contribution in [0.25, 0.3) is 0 Å². The topological polar surface area (TPSA) is 236 Å². The number of nitrogens with zero attached hydrogens (tertiary/aromatic N) is 3. The first-order valence-electron chi connectivity index (χ1n) is 14.6. The predicted molar refractivity (Wildman–Crippen MR) is 155 cm³/mol. The molecule has 15 heteroatoms. The van der Waals surface area contributed by atoms with E-state index < -0.39 is 59.6 Å². The number of carboxylic acid groups (broad SMARTS) is 1. The Morgan fingerprint density at radius 1 is 0.905 bits per heavy atom. The van der Waals surface area contributed by atoms with Gasteiger partial charge in [-0.05, 0) is 85.1 Å². The van der Waals surface area contributed by atoms with E-state index in [1.807, 2.05) is 0 Å². The molecule has 0 aromatic carbocycles. The Morgan fingerprint density at radius 3 is 2.00 bits per heavy atom. The molecule has 2 fully saturated rings. The molecular formula is C27H48N8O7. The second kappa shape index (κ2) is 16.1. The zero-order valence-electron chi connectivity index (χ0n) is 25.0. The third-order valence-corrected chi connectivity index (χ3v) is 7.16. The number of carboxylic acids is 1. The van der Waals surface area contributed by atoms with E-state index in [2.05, 4.69) is 15.6 Å². The van der Waals surface area contributed by atoms with Gasteiger partial charge in [0, 0.05) is 19.6 Å². The number of ether oxygens (including phenoxy) is 1. The largest absolute Gasteiger partial charge is 0.480 e. The highest BCUT2D eigenvalue weighted by Gasteiger charge is 2.41. The van der Waals surface area contributed by atoms with Crippen LogP contribution in [0.4, 0.5) is 4.79 Å². The van der Waals surface area contributed by atoms with Crippen molar-refractivity contribution in [1.82, 2.24) is 20.4 Å². The first kappa shape index (κ1) is 34.6. The number of likely N-dealkylation sites (tertiary alicyclic amines) is 2. The van der Waals surface area contributed by atoms with Crippen LogP contribution in [0.5, 0.6) is 0 Å². The summed E-state index contributed by atoms with van der Waals surface area (Å²) in [4.78, 5) is 71.5. The fourth-order valence-corrected chi connectivity index (χ4v) is 5.22. The molecule has 0 bridgehead atoms. The van der Waals surface area contributed by atoms with Crippen molar-refractivity contribution in [1.29, 1.82) is 0 Å². The van der Waals surface area contributed by atoms with Crippen molar-refractivity contribution < 1.29 is 33.8 Å². The summed E-state index contributed by atoms with van der Waals surface area (Å²) in [6, 6.07) is -3.77. The van der Waals surface area contributed by atoms with Gasteiger partial charge in [0.1, 0.15) is 29.8 Å². The van der Waals surface area contributed by atoms with Crippen LogP contribution in [-0.2, 0) is 23.9 Å². The lowest BCUT2D eigenvalue weighted by atomic mass is 10.1. The van der Waals surface area contributed by atoms with Gasteiger partial charge in [-0.15, -0.1) is 0 Å². The van der Waals surface area contributed by atoms with Crippen LogP contribution in [-0.4, -0.2) is 107 Å². The molecule has 9 N–H and O–H groups in total. The summed E-state index contributed by atoms with van der Waals surface area (Å²) >= 11 is 0. The Balaban J connectivity index is 2.19. The van der Waals surface area contributed by atoms with Crippen molar-refractivity contribution in [2.24, 2.45) is 22.2 Å². The highest BCUT2D eigenvalue weighted by atomic mass is 16.6. The first-order valence-corrected chi connectivity index (χ1v) is 14.6. The average molecular weight is 597 g/mol. The second-order valence-corrected chi connectivity index (χ2v) is 11.7. The molecule has 2 aliphatic rings. The normalized spacial score (nSPS) is 20.0. The summed E-state index contributed by atoms with van der Waals surface area (Å²) in [5, 5.41) is 15.0. The van der Waals surface area contributed by atoms with E-state index in [0.29, 0.717) is 64.5 Å². The van der Waals surface area contributed by atoms with E-state index in [1.165, 1.54) is 9.80 Å². The number of carbonyl (C=O) groups is 5. The van der Waals surface area contributed by atoms with Crippen LogP contribution in [0.2, 0.25) is 0 Å². The molecule has 238 valence electrons. The number of hydrogen-bond donors (Lipinski definition) is 6. The summed E-state index contributed by atoms with van der Waals surface area (Å²) < 4.78 is 5.34. The fraction of sp³-hybridized carbons (Fsp3) is 0.778. The van der Waals surface area contributed by atoms with Crippen molar-refractivity contribution in [2.45, 2.75) is 108 Å². The lowest BCUT2D eigenvalue weighted by Gasteiger charge is -2.31. The molecule has 0 radical (unpaired) electrons. The van der Waals surface area contributed by atoms with E-state index in [9.17, 15) is 29.1 Å². The van der Waals surface area contributed by atoms with Gasteiger partial charge in [-0.2, -0.15) is 0 Å². The highest BCUT2D eigenvalue weighted by molar-refractivity contribution is 5.95. The minimum atomic E-state index is -1.10. The number of aliphatic carboxylic acids is 1. The second-order valence-electron chi connectivity index (χ2n) is 11.7. The number of amides is 4. The molecule has 2 heterocycles. The molecule has 2 saturated heterocycles. The zero-order chi connectivity index (χ0) is 31.4. The Labute approximate surface area is 246 Å². The van der Waals surface area contributed by atoms with Crippen molar-refractivity contribution >= 4 is 35.7 Å². The Kier molecular flexibility index (Phi) is 13.3. The molecule has 0 aromatic heterocycles. The Bertz CT molecular complexity index is 995. The van der Waals surface area contributed by atoms with Crippen LogP contribution in [0.1, 0.15) is 78.6 Å². The van der Waals surface area contributed by atoms with Crippen LogP contribution < -0.4 is 27.8 Å². The lowest BCUT2D eigenvalue weighted by molar-refractivity contribution is -0.150. The summed E-state index contributed by atoms with van der Waals surface area (Å²) in [7, 11) is 0. The summed E-state index contributed by atoms with van der Waals surface area (Å²) in [5.74, 6) is -2.65. The number of unbranched alkanes of at least 4 members (excludes halogenated alkanes) is 1. The Hall–Kier alpha value is -3.62. The average Bonchev–Trinajstić information content (AvgIpc) is 3.58. The number of guanidine groups is 1. The smallest absolute Gasteiger partial charge is 0.408 e. The molecule has 0 aliphatic carbocycles. The maximum atomic E-state index is 13.6. The minimum absolute atomic E-state index is 0.103. The number of aliphatic imine (C=N–C) groups is 1.